The third kappa shape index (κ3) is 1.50. The second-order valence-corrected chi connectivity index (χ2v) is 4.20. The van der Waals surface area contributed by atoms with Crippen molar-refractivity contribution >= 4 is 0 Å². The highest BCUT2D eigenvalue weighted by molar-refractivity contribution is 5.48. The molecular formula is C12H17NO. The highest BCUT2D eigenvalue weighted by Crippen LogP contribution is 2.45. The maximum absolute atomic E-state index is 5.87. The molecule has 0 heterocycles. The van der Waals surface area contributed by atoms with Crippen molar-refractivity contribution in [2.24, 2.45) is 5.73 Å². The van der Waals surface area contributed by atoms with E-state index in [-0.39, 0.29) is 0 Å². The summed E-state index contributed by atoms with van der Waals surface area (Å²) in [5.74, 6) is 1.52. The topological polar surface area (TPSA) is 35.2 Å². The van der Waals surface area contributed by atoms with E-state index in [0.717, 1.165) is 12.2 Å². The van der Waals surface area contributed by atoms with Gasteiger partial charge >= 0.3 is 0 Å². The fraction of sp³-hybridized carbons (Fsp3) is 0.500. The van der Waals surface area contributed by atoms with Crippen molar-refractivity contribution in [2.75, 3.05) is 7.11 Å². The summed E-state index contributed by atoms with van der Waals surface area (Å²) >= 11 is 0. The molecule has 2 atom stereocenters. The summed E-state index contributed by atoms with van der Waals surface area (Å²) in [6, 6.07) is 4.63. The third-order valence-corrected chi connectivity index (χ3v) is 2.92. The monoisotopic (exact) mass is 191 g/mol. The standard InChI is InChI=1S/C12H17NO/c1-7-4-8(2)12(9-6-10(9)13)11(5-7)14-3/h4-5,9-10H,6,13H2,1-3H3. The first kappa shape index (κ1) is 9.53. The van der Waals surface area contributed by atoms with Crippen molar-refractivity contribution in [3.05, 3.63) is 28.8 Å². The van der Waals surface area contributed by atoms with Crippen molar-refractivity contribution in [1.29, 1.82) is 0 Å². The predicted molar refractivity (Wildman–Crippen MR) is 57.8 cm³/mol. The zero-order valence-electron chi connectivity index (χ0n) is 9.00. The van der Waals surface area contributed by atoms with Gasteiger partial charge < -0.3 is 10.5 Å². The van der Waals surface area contributed by atoms with Gasteiger partial charge in [0.2, 0.25) is 0 Å². The Balaban J connectivity index is 2.46. The first-order valence-electron chi connectivity index (χ1n) is 5.04. The van der Waals surface area contributed by atoms with E-state index in [9.17, 15) is 0 Å². The molecule has 1 aliphatic carbocycles. The molecule has 2 nitrogen and oxygen atoms in total. The van der Waals surface area contributed by atoms with Crippen molar-refractivity contribution in [2.45, 2.75) is 32.2 Å². The van der Waals surface area contributed by atoms with E-state index in [1.165, 1.54) is 16.7 Å². The van der Waals surface area contributed by atoms with Crippen LogP contribution in [-0.4, -0.2) is 13.2 Å². The summed E-state index contributed by atoms with van der Waals surface area (Å²) in [5.41, 5.74) is 9.74. The molecule has 1 aromatic rings. The number of hydrogen-bond acceptors (Lipinski definition) is 2. The second-order valence-electron chi connectivity index (χ2n) is 4.20. The van der Waals surface area contributed by atoms with Crippen LogP contribution in [0.3, 0.4) is 0 Å². The molecule has 0 amide bonds. The molecule has 1 fully saturated rings. The van der Waals surface area contributed by atoms with Gasteiger partial charge in [-0.15, -0.1) is 0 Å². The van der Waals surface area contributed by atoms with Gasteiger partial charge in [-0.1, -0.05) is 6.07 Å². The molecule has 2 unspecified atom stereocenters. The summed E-state index contributed by atoms with van der Waals surface area (Å²) < 4.78 is 5.40. The Morgan fingerprint density at radius 3 is 2.50 bits per heavy atom. The van der Waals surface area contributed by atoms with E-state index >= 15 is 0 Å². The minimum Gasteiger partial charge on any atom is -0.496 e. The van der Waals surface area contributed by atoms with Gasteiger partial charge in [0, 0.05) is 17.5 Å². The lowest BCUT2D eigenvalue weighted by molar-refractivity contribution is 0.408. The van der Waals surface area contributed by atoms with Crippen LogP contribution < -0.4 is 10.5 Å². The van der Waals surface area contributed by atoms with Crippen LogP contribution in [0.15, 0.2) is 12.1 Å². The first-order valence-corrected chi connectivity index (χ1v) is 5.04. The van der Waals surface area contributed by atoms with E-state index in [4.69, 9.17) is 10.5 Å². The Bertz CT molecular complexity index is 360. The molecular weight excluding hydrogens is 174 g/mol. The minimum absolute atomic E-state index is 0.338. The number of hydrogen-bond donors (Lipinski definition) is 1. The van der Waals surface area contributed by atoms with Crippen molar-refractivity contribution in [3.63, 3.8) is 0 Å². The highest BCUT2D eigenvalue weighted by Gasteiger charge is 2.37. The number of benzene rings is 1. The molecule has 1 aromatic carbocycles. The molecule has 0 saturated heterocycles. The van der Waals surface area contributed by atoms with Crippen LogP contribution >= 0.6 is 0 Å². The van der Waals surface area contributed by atoms with Gasteiger partial charge in [-0.3, -0.25) is 0 Å². The van der Waals surface area contributed by atoms with E-state index in [1.54, 1.807) is 7.11 Å². The zero-order chi connectivity index (χ0) is 10.3. The molecule has 2 rings (SSSR count). The fourth-order valence-corrected chi connectivity index (χ4v) is 2.13. The largest absolute Gasteiger partial charge is 0.496 e. The van der Waals surface area contributed by atoms with Gasteiger partial charge in [-0.05, 0) is 37.5 Å². The van der Waals surface area contributed by atoms with Gasteiger partial charge in [-0.2, -0.15) is 0 Å². The molecule has 1 aliphatic rings. The van der Waals surface area contributed by atoms with Gasteiger partial charge in [0.1, 0.15) is 5.75 Å². The van der Waals surface area contributed by atoms with Crippen LogP contribution in [0.2, 0.25) is 0 Å². The van der Waals surface area contributed by atoms with Crippen molar-refractivity contribution < 1.29 is 4.74 Å². The maximum atomic E-state index is 5.87. The molecule has 76 valence electrons. The number of rotatable bonds is 2. The quantitative estimate of drug-likeness (QED) is 0.777. The van der Waals surface area contributed by atoms with Crippen LogP contribution in [0, 0.1) is 13.8 Å². The fourth-order valence-electron chi connectivity index (χ4n) is 2.13. The number of methoxy groups -OCH3 is 1. The van der Waals surface area contributed by atoms with E-state index in [0.29, 0.717) is 12.0 Å². The minimum atomic E-state index is 0.338. The Labute approximate surface area is 85.1 Å². The van der Waals surface area contributed by atoms with E-state index in [2.05, 4.69) is 26.0 Å². The Hall–Kier alpha value is -1.02. The average molecular weight is 191 g/mol. The Morgan fingerprint density at radius 1 is 1.36 bits per heavy atom. The smallest absolute Gasteiger partial charge is 0.122 e. The normalized spacial score (nSPS) is 24.9. The van der Waals surface area contributed by atoms with Crippen molar-refractivity contribution in [1.82, 2.24) is 0 Å². The molecule has 14 heavy (non-hydrogen) atoms. The molecule has 0 aromatic heterocycles. The summed E-state index contributed by atoms with van der Waals surface area (Å²) in [4.78, 5) is 0. The van der Waals surface area contributed by atoms with Gasteiger partial charge in [0.05, 0.1) is 7.11 Å². The number of ether oxygens (including phenoxy) is 1. The highest BCUT2D eigenvalue weighted by atomic mass is 16.5. The van der Waals surface area contributed by atoms with Crippen LogP contribution in [0.25, 0.3) is 0 Å². The lowest BCUT2D eigenvalue weighted by Crippen LogP contribution is -2.04. The summed E-state index contributed by atoms with van der Waals surface area (Å²) in [7, 11) is 1.73. The second kappa shape index (κ2) is 3.28. The Morgan fingerprint density at radius 2 is 2.00 bits per heavy atom. The Kier molecular flexibility index (Phi) is 2.23. The van der Waals surface area contributed by atoms with E-state index in [1.807, 2.05) is 0 Å². The van der Waals surface area contributed by atoms with Crippen LogP contribution in [0.5, 0.6) is 5.75 Å². The summed E-state index contributed by atoms with van der Waals surface area (Å²) in [5, 5.41) is 0. The average Bonchev–Trinajstić information content (AvgIpc) is 2.80. The molecule has 2 heteroatoms. The van der Waals surface area contributed by atoms with Crippen molar-refractivity contribution in [3.8, 4) is 5.75 Å². The number of aryl methyl sites for hydroxylation is 2. The number of nitrogens with two attached hydrogens (primary N) is 1. The van der Waals surface area contributed by atoms with Crippen LogP contribution in [0.4, 0.5) is 0 Å². The van der Waals surface area contributed by atoms with Gasteiger partial charge in [0.25, 0.3) is 0 Å². The van der Waals surface area contributed by atoms with Crippen LogP contribution in [0.1, 0.15) is 29.0 Å². The zero-order valence-corrected chi connectivity index (χ0v) is 9.00. The lowest BCUT2D eigenvalue weighted by Gasteiger charge is -2.12. The summed E-state index contributed by atoms with van der Waals surface area (Å²) in [6.45, 7) is 4.22. The third-order valence-electron chi connectivity index (χ3n) is 2.92. The maximum Gasteiger partial charge on any atom is 0.122 e. The SMILES string of the molecule is COc1cc(C)cc(C)c1C1CC1N. The molecule has 0 radical (unpaired) electrons. The van der Waals surface area contributed by atoms with Gasteiger partial charge in [0.15, 0.2) is 0 Å². The molecule has 0 spiro atoms. The lowest BCUT2D eigenvalue weighted by atomic mass is 10.0. The molecule has 0 bridgehead atoms. The molecule has 2 N–H and O–H groups in total. The van der Waals surface area contributed by atoms with Crippen LogP contribution in [-0.2, 0) is 0 Å². The van der Waals surface area contributed by atoms with E-state index < -0.39 is 0 Å². The first-order chi connectivity index (χ1) is 6.63. The predicted octanol–water partition coefficient (Wildman–Crippen LogP) is 2.13. The molecule has 1 saturated carbocycles. The molecule has 0 aliphatic heterocycles. The summed E-state index contributed by atoms with van der Waals surface area (Å²) in [6.07, 6.45) is 1.10. The van der Waals surface area contributed by atoms with Gasteiger partial charge in [-0.25, -0.2) is 0 Å².